The zero-order valence-electron chi connectivity index (χ0n) is 10.2. The molecule has 1 aromatic rings. The number of para-hydroxylation sites is 2. The van der Waals surface area contributed by atoms with Crippen molar-refractivity contribution in [3.8, 4) is 5.75 Å². The maximum absolute atomic E-state index is 12.6. The number of hydrogen-bond donors (Lipinski definition) is 2. The number of carbonyl (C=O) groups excluding carboxylic acids is 1. The van der Waals surface area contributed by atoms with Gasteiger partial charge in [0.05, 0.1) is 5.69 Å². The van der Waals surface area contributed by atoms with Crippen molar-refractivity contribution < 1.29 is 31.5 Å². The summed E-state index contributed by atoms with van der Waals surface area (Å²) in [7, 11) is 0. The van der Waals surface area contributed by atoms with Crippen molar-refractivity contribution >= 4 is 11.6 Å². The normalized spacial score (nSPS) is 14.8. The molecule has 0 aliphatic heterocycles. The Bertz CT molecular complexity index is 488. The second-order valence-corrected chi connectivity index (χ2v) is 4.03. The van der Waals surface area contributed by atoms with Crippen LogP contribution in [0, 0.1) is 0 Å². The Morgan fingerprint density at radius 1 is 1.30 bits per heavy atom. The number of hydrogen-bond acceptors (Lipinski definition) is 3. The smallest absolute Gasteiger partial charge is 0.415 e. The van der Waals surface area contributed by atoms with Crippen LogP contribution in [0.2, 0.25) is 0 Å². The van der Waals surface area contributed by atoms with E-state index in [1.54, 1.807) is 0 Å². The van der Waals surface area contributed by atoms with Crippen molar-refractivity contribution in [3.05, 3.63) is 24.3 Å². The van der Waals surface area contributed by atoms with Gasteiger partial charge in [-0.25, -0.2) is 0 Å². The summed E-state index contributed by atoms with van der Waals surface area (Å²) in [5, 5.41) is 1.82. The van der Waals surface area contributed by atoms with Gasteiger partial charge >= 0.3 is 12.8 Å². The standard InChI is InChI=1S/C11H11F5N2O2/c1-10(17,11(14,15)16)8(19)18-6-4-2-3-5-7(6)20-9(12)13/h2-5,9H,17H2,1H3,(H,18,19). The van der Waals surface area contributed by atoms with E-state index < -0.39 is 30.0 Å². The average Bonchev–Trinajstić information content (AvgIpc) is 2.29. The number of anilines is 1. The van der Waals surface area contributed by atoms with Crippen molar-refractivity contribution in [2.75, 3.05) is 5.32 Å². The van der Waals surface area contributed by atoms with Crippen LogP contribution in [0.4, 0.5) is 27.6 Å². The van der Waals surface area contributed by atoms with Crippen LogP contribution in [0.25, 0.3) is 0 Å². The Morgan fingerprint density at radius 2 is 1.85 bits per heavy atom. The maximum Gasteiger partial charge on any atom is 0.415 e. The van der Waals surface area contributed by atoms with Crippen LogP contribution in [-0.4, -0.2) is 24.2 Å². The average molecular weight is 298 g/mol. The van der Waals surface area contributed by atoms with Crippen LogP contribution in [-0.2, 0) is 4.79 Å². The molecule has 0 aromatic heterocycles. The fraction of sp³-hybridized carbons (Fsp3) is 0.364. The van der Waals surface area contributed by atoms with E-state index in [0.717, 1.165) is 12.1 Å². The lowest BCUT2D eigenvalue weighted by atomic mass is 10.0. The Labute approximate surface area is 110 Å². The summed E-state index contributed by atoms with van der Waals surface area (Å²) < 4.78 is 66.0. The lowest BCUT2D eigenvalue weighted by Gasteiger charge is -2.26. The third-order valence-electron chi connectivity index (χ3n) is 2.41. The molecule has 0 aliphatic rings. The van der Waals surface area contributed by atoms with E-state index >= 15 is 0 Å². The summed E-state index contributed by atoms with van der Waals surface area (Å²) in [4.78, 5) is 11.5. The fourth-order valence-electron chi connectivity index (χ4n) is 1.15. The molecule has 1 unspecified atom stereocenters. The van der Waals surface area contributed by atoms with Gasteiger partial charge in [0.2, 0.25) is 0 Å². The Morgan fingerprint density at radius 3 is 2.35 bits per heavy atom. The topological polar surface area (TPSA) is 64.4 Å². The van der Waals surface area contributed by atoms with Gasteiger partial charge in [-0.05, 0) is 19.1 Å². The quantitative estimate of drug-likeness (QED) is 0.839. The second-order valence-electron chi connectivity index (χ2n) is 4.03. The number of amides is 1. The predicted molar refractivity (Wildman–Crippen MR) is 60.4 cm³/mol. The molecule has 20 heavy (non-hydrogen) atoms. The van der Waals surface area contributed by atoms with Gasteiger partial charge in [-0.2, -0.15) is 22.0 Å². The zero-order valence-corrected chi connectivity index (χ0v) is 10.2. The summed E-state index contributed by atoms with van der Waals surface area (Å²) in [6.45, 7) is -2.71. The minimum Gasteiger partial charge on any atom is -0.433 e. The molecule has 0 bridgehead atoms. The van der Waals surface area contributed by atoms with Crippen LogP contribution in [0.5, 0.6) is 5.75 Å². The van der Waals surface area contributed by atoms with E-state index in [0.29, 0.717) is 6.92 Å². The predicted octanol–water partition coefficient (Wildman–Crippen LogP) is 2.51. The summed E-state index contributed by atoms with van der Waals surface area (Å²) in [6, 6.07) is 4.83. The van der Waals surface area contributed by atoms with E-state index in [1.165, 1.54) is 12.1 Å². The van der Waals surface area contributed by atoms with Gasteiger partial charge in [-0.3, -0.25) is 4.79 Å². The van der Waals surface area contributed by atoms with Gasteiger partial charge in [0.15, 0.2) is 5.54 Å². The monoisotopic (exact) mass is 298 g/mol. The summed E-state index contributed by atoms with van der Waals surface area (Å²) in [5.41, 5.74) is 1.41. The molecule has 0 fully saturated rings. The molecule has 0 saturated carbocycles. The second kappa shape index (κ2) is 5.61. The minimum absolute atomic E-state index is 0.335. The first-order valence-corrected chi connectivity index (χ1v) is 5.26. The van der Waals surface area contributed by atoms with Gasteiger partial charge < -0.3 is 15.8 Å². The van der Waals surface area contributed by atoms with Gasteiger partial charge in [0, 0.05) is 0 Å². The van der Waals surface area contributed by atoms with E-state index in [-0.39, 0.29) is 5.69 Å². The fourth-order valence-corrected chi connectivity index (χ4v) is 1.15. The first-order valence-electron chi connectivity index (χ1n) is 5.26. The molecular weight excluding hydrogens is 287 g/mol. The number of nitrogens with two attached hydrogens (primary N) is 1. The molecule has 112 valence electrons. The molecule has 9 heteroatoms. The molecule has 1 rings (SSSR count). The number of carbonyl (C=O) groups is 1. The summed E-state index contributed by atoms with van der Waals surface area (Å²) in [5.74, 6) is -2.05. The van der Waals surface area contributed by atoms with Crippen LogP contribution in [0.3, 0.4) is 0 Å². The molecule has 1 aromatic carbocycles. The van der Waals surface area contributed by atoms with Gasteiger partial charge in [-0.1, -0.05) is 12.1 Å². The molecular formula is C11H11F5N2O2. The number of halogens is 5. The minimum atomic E-state index is -4.99. The van der Waals surface area contributed by atoms with Crippen molar-refractivity contribution in [2.24, 2.45) is 5.73 Å². The van der Waals surface area contributed by atoms with E-state index in [2.05, 4.69) is 4.74 Å². The number of rotatable bonds is 4. The molecule has 1 atom stereocenters. The van der Waals surface area contributed by atoms with Gasteiger partial charge in [-0.15, -0.1) is 0 Å². The number of alkyl halides is 5. The lowest BCUT2D eigenvalue weighted by molar-refractivity contribution is -0.184. The van der Waals surface area contributed by atoms with E-state index in [9.17, 15) is 26.7 Å². The largest absolute Gasteiger partial charge is 0.433 e. The van der Waals surface area contributed by atoms with Crippen molar-refractivity contribution in [2.45, 2.75) is 25.3 Å². The molecule has 3 N–H and O–H groups in total. The Kier molecular flexibility index (Phi) is 4.53. The van der Waals surface area contributed by atoms with Crippen molar-refractivity contribution in [1.29, 1.82) is 0 Å². The first-order chi connectivity index (χ1) is 9.05. The number of ether oxygens (including phenoxy) is 1. The van der Waals surface area contributed by atoms with Crippen molar-refractivity contribution in [1.82, 2.24) is 0 Å². The van der Waals surface area contributed by atoms with E-state index in [4.69, 9.17) is 5.73 Å². The third kappa shape index (κ3) is 3.56. The number of nitrogens with one attached hydrogen (secondary N) is 1. The lowest BCUT2D eigenvalue weighted by Crippen LogP contribution is -2.59. The van der Waals surface area contributed by atoms with Gasteiger partial charge in [0.1, 0.15) is 5.75 Å². The highest BCUT2D eigenvalue weighted by atomic mass is 19.4. The van der Waals surface area contributed by atoms with Gasteiger partial charge in [0.25, 0.3) is 5.91 Å². The molecule has 0 saturated heterocycles. The van der Waals surface area contributed by atoms with Crippen LogP contribution < -0.4 is 15.8 Å². The zero-order chi connectivity index (χ0) is 15.6. The summed E-state index contributed by atoms with van der Waals surface area (Å²) >= 11 is 0. The molecule has 0 heterocycles. The van der Waals surface area contributed by atoms with Crippen LogP contribution >= 0.6 is 0 Å². The number of benzene rings is 1. The Hall–Kier alpha value is -1.90. The SMILES string of the molecule is CC(N)(C(=O)Nc1ccccc1OC(F)F)C(F)(F)F. The molecule has 4 nitrogen and oxygen atoms in total. The summed E-state index contributed by atoms with van der Waals surface area (Å²) in [6.07, 6.45) is -4.99. The molecule has 0 aliphatic carbocycles. The highest BCUT2D eigenvalue weighted by Crippen LogP contribution is 2.31. The highest BCUT2D eigenvalue weighted by molar-refractivity contribution is 5.99. The highest BCUT2D eigenvalue weighted by Gasteiger charge is 2.54. The van der Waals surface area contributed by atoms with Crippen LogP contribution in [0.15, 0.2) is 24.3 Å². The molecule has 0 radical (unpaired) electrons. The third-order valence-corrected chi connectivity index (χ3v) is 2.41. The maximum atomic E-state index is 12.6. The molecule has 0 spiro atoms. The van der Waals surface area contributed by atoms with Crippen molar-refractivity contribution in [3.63, 3.8) is 0 Å². The first kappa shape index (κ1) is 16.2. The molecule has 1 amide bonds. The Balaban J connectivity index is 2.97. The van der Waals surface area contributed by atoms with E-state index in [1.807, 2.05) is 5.32 Å². The van der Waals surface area contributed by atoms with Crippen LogP contribution in [0.1, 0.15) is 6.92 Å².